The number of likely N-dealkylation sites (N-methyl/N-ethyl adjacent to an activating group) is 1. The zero-order chi connectivity index (χ0) is 17.5. The van der Waals surface area contributed by atoms with Crippen LogP contribution in [0.5, 0.6) is 5.75 Å². The minimum Gasteiger partial charge on any atom is -0.482 e. The summed E-state index contributed by atoms with van der Waals surface area (Å²) in [5.41, 5.74) is 2.79. The molecule has 2 aromatic rings. The third-order valence-electron chi connectivity index (χ3n) is 3.69. The molecule has 0 atom stereocenters. The second-order valence-corrected chi connectivity index (χ2v) is 5.87. The van der Waals surface area contributed by atoms with Crippen molar-refractivity contribution in [2.75, 3.05) is 13.7 Å². The van der Waals surface area contributed by atoms with Gasteiger partial charge in [-0.15, -0.1) is 0 Å². The maximum atomic E-state index is 12.2. The van der Waals surface area contributed by atoms with E-state index in [-0.39, 0.29) is 12.5 Å². The molecule has 0 radical (unpaired) electrons. The van der Waals surface area contributed by atoms with Gasteiger partial charge in [0.25, 0.3) is 5.91 Å². The van der Waals surface area contributed by atoms with Crippen LogP contribution in [-0.2, 0) is 17.8 Å². The molecule has 0 aliphatic rings. The van der Waals surface area contributed by atoms with Crippen LogP contribution in [0, 0.1) is 11.3 Å². The van der Waals surface area contributed by atoms with Crippen molar-refractivity contribution in [3.05, 3.63) is 64.2 Å². The van der Waals surface area contributed by atoms with Gasteiger partial charge in [-0.3, -0.25) is 4.79 Å². The number of hydrogen-bond donors (Lipinski definition) is 0. The third-order valence-corrected chi connectivity index (χ3v) is 3.98. The molecular formula is C19H19ClN2O2. The van der Waals surface area contributed by atoms with Crippen LogP contribution in [0.25, 0.3) is 0 Å². The van der Waals surface area contributed by atoms with Crippen molar-refractivity contribution in [1.82, 2.24) is 4.90 Å². The number of carbonyl (C=O) groups is 1. The van der Waals surface area contributed by atoms with Crippen molar-refractivity contribution in [1.29, 1.82) is 5.26 Å². The number of amides is 1. The molecule has 0 aliphatic carbocycles. The highest BCUT2D eigenvalue weighted by Gasteiger charge is 2.12. The highest BCUT2D eigenvalue weighted by molar-refractivity contribution is 6.32. The number of carbonyl (C=O) groups excluding carboxylic acids is 1. The van der Waals surface area contributed by atoms with E-state index in [1.54, 1.807) is 24.1 Å². The average molecular weight is 343 g/mol. The second kappa shape index (κ2) is 8.37. The van der Waals surface area contributed by atoms with Crippen molar-refractivity contribution in [3.63, 3.8) is 0 Å². The predicted molar refractivity (Wildman–Crippen MR) is 94.0 cm³/mol. The topological polar surface area (TPSA) is 53.3 Å². The molecule has 0 unspecified atom stereocenters. The van der Waals surface area contributed by atoms with Gasteiger partial charge in [0.2, 0.25) is 0 Å². The number of halogens is 1. The third kappa shape index (κ3) is 4.74. The van der Waals surface area contributed by atoms with Crippen LogP contribution < -0.4 is 4.74 Å². The summed E-state index contributed by atoms with van der Waals surface area (Å²) in [6.07, 6.45) is 0.994. The molecule has 0 N–H and O–H groups in total. The molecule has 0 fully saturated rings. The number of nitriles is 1. The quantitative estimate of drug-likeness (QED) is 0.802. The first-order valence-corrected chi connectivity index (χ1v) is 8.05. The van der Waals surface area contributed by atoms with Gasteiger partial charge < -0.3 is 9.64 Å². The van der Waals surface area contributed by atoms with Gasteiger partial charge in [0.1, 0.15) is 5.75 Å². The lowest BCUT2D eigenvalue weighted by Gasteiger charge is -2.18. The lowest BCUT2D eigenvalue weighted by atomic mass is 10.1. The minimum atomic E-state index is -0.144. The van der Waals surface area contributed by atoms with Crippen molar-refractivity contribution < 1.29 is 9.53 Å². The Hall–Kier alpha value is -2.51. The molecular weight excluding hydrogens is 324 g/mol. The zero-order valence-corrected chi connectivity index (χ0v) is 14.5. The molecule has 0 spiro atoms. The first-order chi connectivity index (χ1) is 11.5. The second-order valence-electron chi connectivity index (χ2n) is 5.47. The summed E-state index contributed by atoms with van der Waals surface area (Å²) < 4.78 is 5.46. The van der Waals surface area contributed by atoms with E-state index >= 15 is 0 Å². The molecule has 1 amide bonds. The van der Waals surface area contributed by atoms with E-state index in [1.807, 2.05) is 18.2 Å². The summed E-state index contributed by atoms with van der Waals surface area (Å²) in [7, 11) is 1.74. The average Bonchev–Trinajstić information content (AvgIpc) is 2.60. The molecule has 2 rings (SSSR count). The predicted octanol–water partition coefficient (Wildman–Crippen LogP) is 3.81. The Kier molecular flexibility index (Phi) is 6.22. The Balaban J connectivity index is 1.90. The fraction of sp³-hybridized carbons (Fsp3) is 0.263. The van der Waals surface area contributed by atoms with Crippen molar-refractivity contribution >= 4 is 17.5 Å². The minimum absolute atomic E-state index is 0.102. The lowest BCUT2D eigenvalue weighted by Crippen LogP contribution is -2.31. The highest BCUT2D eigenvalue weighted by atomic mass is 35.5. The summed E-state index contributed by atoms with van der Waals surface area (Å²) >= 11 is 6.03. The van der Waals surface area contributed by atoms with Gasteiger partial charge in [-0.05, 0) is 35.7 Å². The van der Waals surface area contributed by atoms with Crippen LogP contribution in [0.15, 0.2) is 42.5 Å². The number of nitrogens with zero attached hydrogens (tertiary/aromatic N) is 2. The standard InChI is InChI=1S/C19H19ClN2O2/c1-3-14-4-6-15(7-5-14)12-22(2)19(23)13-24-18-9-8-16(11-21)10-17(18)20/h4-10H,3,12-13H2,1-2H3. The Morgan fingerprint density at radius 1 is 1.21 bits per heavy atom. The van der Waals surface area contributed by atoms with Gasteiger partial charge >= 0.3 is 0 Å². The van der Waals surface area contributed by atoms with E-state index in [4.69, 9.17) is 21.6 Å². The van der Waals surface area contributed by atoms with Crippen LogP contribution in [0.4, 0.5) is 0 Å². The molecule has 0 bridgehead atoms. The fourth-order valence-corrected chi connectivity index (χ4v) is 2.41. The Morgan fingerprint density at radius 3 is 2.46 bits per heavy atom. The summed E-state index contributed by atoms with van der Waals surface area (Å²) in [5.74, 6) is 0.250. The van der Waals surface area contributed by atoms with Crippen molar-refractivity contribution in [3.8, 4) is 11.8 Å². The molecule has 0 saturated carbocycles. The van der Waals surface area contributed by atoms with Crippen LogP contribution >= 0.6 is 11.6 Å². The smallest absolute Gasteiger partial charge is 0.260 e. The van der Waals surface area contributed by atoms with Gasteiger partial charge in [0.05, 0.1) is 16.7 Å². The van der Waals surface area contributed by atoms with E-state index in [2.05, 4.69) is 19.1 Å². The van der Waals surface area contributed by atoms with Crippen LogP contribution in [0.2, 0.25) is 5.02 Å². The van der Waals surface area contributed by atoms with Gasteiger partial charge in [0.15, 0.2) is 6.61 Å². The van der Waals surface area contributed by atoms with Gasteiger partial charge in [-0.25, -0.2) is 0 Å². The summed E-state index contributed by atoms with van der Waals surface area (Å²) in [5, 5.41) is 9.13. The Bertz CT molecular complexity index is 751. The molecule has 2 aromatic carbocycles. The number of rotatable bonds is 6. The fourth-order valence-electron chi connectivity index (χ4n) is 2.18. The molecule has 0 aromatic heterocycles. The molecule has 4 nitrogen and oxygen atoms in total. The van der Waals surface area contributed by atoms with Gasteiger partial charge in [0, 0.05) is 13.6 Å². The molecule has 5 heteroatoms. The van der Waals surface area contributed by atoms with Crippen molar-refractivity contribution in [2.45, 2.75) is 19.9 Å². The first kappa shape index (κ1) is 17.8. The van der Waals surface area contributed by atoms with E-state index in [9.17, 15) is 4.79 Å². The SMILES string of the molecule is CCc1ccc(CN(C)C(=O)COc2ccc(C#N)cc2Cl)cc1. The van der Waals surface area contributed by atoms with Gasteiger partial charge in [-0.1, -0.05) is 42.8 Å². The number of ether oxygens (including phenoxy) is 1. The van der Waals surface area contributed by atoms with E-state index in [1.165, 1.54) is 11.6 Å². The van der Waals surface area contributed by atoms with Crippen molar-refractivity contribution in [2.24, 2.45) is 0 Å². The molecule has 0 heterocycles. The number of benzene rings is 2. The normalized spacial score (nSPS) is 10.1. The largest absolute Gasteiger partial charge is 0.482 e. The Labute approximate surface area is 147 Å². The lowest BCUT2D eigenvalue weighted by molar-refractivity contribution is -0.132. The maximum absolute atomic E-state index is 12.2. The van der Waals surface area contributed by atoms with Crippen LogP contribution in [0.3, 0.4) is 0 Å². The van der Waals surface area contributed by atoms with Crippen LogP contribution in [0.1, 0.15) is 23.6 Å². The molecule has 0 saturated heterocycles. The monoisotopic (exact) mass is 342 g/mol. The summed E-state index contributed by atoms with van der Waals surface area (Å²) in [6, 6.07) is 14.9. The number of hydrogen-bond acceptors (Lipinski definition) is 3. The first-order valence-electron chi connectivity index (χ1n) is 7.67. The Morgan fingerprint density at radius 2 is 1.88 bits per heavy atom. The van der Waals surface area contributed by atoms with Gasteiger partial charge in [-0.2, -0.15) is 5.26 Å². The zero-order valence-electron chi connectivity index (χ0n) is 13.8. The summed E-state index contributed by atoms with van der Waals surface area (Å²) in [6.45, 7) is 2.53. The van der Waals surface area contributed by atoms with E-state index in [0.717, 1.165) is 12.0 Å². The molecule has 124 valence electrons. The van der Waals surface area contributed by atoms with E-state index < -0.39 is 0 Å². The van der Waals surface area contributed by atoms with E-state index in [0.29, 0.717) is 22.9 Å². The van der Waals surface area contributed by atoms with Crippen LogP contribution in [-0.4, -0.2) is 24.5 Å². The summed E-state index contributed by atoms with van der Waals surface area (Å²) in [4.78, 5) is 13.8. The maximum Gasteiger partial charge on any atom is 0.260 e. The highest BCUT2D eigenvalue weighted by Crippen LogP contribution is 2.25. The molecule has 0 aliphatic heterocycles. The molecule has 24 heavy (non-hydrogen) atoms. The number of aryl methyl sites for hydroxylation is 1.